The van der Waals surface area contributed by atoms with Crippen molar-refractivity contribution >= 4 is 17.1 Å². The summed E-state index contributed by atoms with van der Waals surface area (Å²) >= 11 is 0. The molecule has 160 valence electrons. The molecule has 30 heavy (non-hydrogen) atoms. The number of aromatic nitrogens is 2. The summed E-state index contributed by atoms with van der Waals surface area (Å²) in [4.78, 5) is 16.5. The fourth-order valence-electron chi connectivity index (χ4n) is 3.42. The third-order valence-electron chi connectivity index (χ3n) is 4.93. The lowest BCUT2D eigenvalue weighted by Crippen LogP contribution is -2.15. The first kappa shape index (κ1) is 21.8. The van der Waals surface area contributed by atoms with Crippen LogP contribution in [0.1, 0.15) is 41.3 Å². The number of aliphatic hydroxyl groups excluding tert-OH is 1. The number of alkyl halides is 3. The Bertz CT molecular complexity index is 1060. The first-order valence-corrected chi connectivity index (χ1v) is 9.79. The fourth-order valence-corrected chi connectivity index (χ4v) is 3.42. The van der Waals surface area contributed by atoms with Gasteiger partial charge in [0.05, 0.1) is 24.0 Å². The zero-order valence-electron chi connectivity index (χ0n) is 16.9. The summed E-state index contributed by atoms with van der Waals surface area (Å²) < 4.78 is 39.4. The number of benzene rings is 1. The van der Waals surface area contributed by atoms with Crippen LogP contribution < -0.4 is 5.32 Å². The number of nitrogens with zero attached hydrogens (tertiary/aromatic N) is 2. The number of fused-ring (bicyclic) bond motifs is 1. The summed E-state index contributed by atoms with van der Waals surface area (Å²) in [6.45, 7) is 3.34. The minimum absolute atomic E-state index is 0.0681. The highest BCUT2D eigenvalue weighted by Crippen LogP contribution is 2.28. The molecule has 2 N–H and O–H groups in total. The van der Waals surface area contributed by atoms with E-state index in [2.05, 4.69) is 10.3 Å². The number of Topliss-reactive ketones (excluding diaryl/α,β-unsaturated/α-hetero) is 1. The number of hydrogen-bond donors (Lipinski definition) is 2. The van der Waals surface area contributed by atoms with Crippen LogP contribution in [0.15, 0.2) is 36.7 Å². The van der Waals surface area contributed by atoms with Crippen LogP contribution in [0.3, 0.4) is 0 Å². The largest absolute Gasteiger partial charge is 0.396 e. The Hall–Kier alpha value is -2.87. The number of halogens is 3. The Morgan fingerprint density at radius 2 is 2.03 bits per heavy atom. The van der Waals surface area contributed by atoms with Gasteiger partial charge < -0.3 is 10.4 Å². The second-order valence-electron chi connectivity index (χ2n) is 7.17. The minimum Gasteiger partial charge on any atom is -0.396 e. The fraction of sp³-hybridized carbons (Fsp3) is 0.364. The monoisotopic (exact) mass is 419 g/mol. The molecule has 3 aromatic rings. The number of imidazole rings is 1. The van der Waals surface area contributed by atoms with E-state index in [9.17, 15) is 23.1 Å². The maximum atomic E-state index is 12.5. The Labute approximate surface area is 172 Å². The van der Waals surface area contributed by atoms with Gasteiger partial charge in [0.15, 0.2) is 11.4 Å². The Balaban J connectivity index is 2.02. The number of ketones is 1. The molecule has 2 heterocycles. The number of nitrogens with one attached hydrogen (secondary N) is 1. The van der Waals surface area contributed by atoms with Gasteiger partial charge in [-0.1, -0.05) is 19.1 Å². The number of carbonyl (C=O) groups excluding carboxylic acids is 1. The molecule has 3 rings (SSSR count). The number of aliphatic hydroxyl groups is 1. The van der Waals surface area contributed by atoms with Crippen molar-refractivity contribution in [3.05, 3.63) is 53.3 Å². The average Bonchev–Trinajstić information content (AvgIpc) is 3.10. The van der Waals surface area contributed by atoms with Crippen molar-refractivity contribution in [2.75, 3.05) is 18.5 Å². The number of hydrogen-bond acceptors (Lipinski definition) is 4. The van der Waals surface area contributed by atoms with Crippen molar-refractivity contribution in [3.8, 4) is 11.3 Å². The van der Waals surface area contributed by atoms with E-state index in [1.54, 1.807) is 22.7 Å². The van der Waals surface area contributed by atoms with Crippen LogP contribution in [0.2, 0.25) is 0 Å². The van der Waals surface area contributed by atoms with E-state index >= 15 is 0 Å². The summed E-state index contributed by atoms with van der Waals surface area (Å²) in [6, 6.07) is 7.25. The van der Waals surface area contributed by atoms with Gasteiger partial charge in [-0.15, -0.1) is 0 Å². The van der Waals surface area contributed by atoms with Gasteiger partial charge >= 0.3 is 6.18 Å². The molecule has 2 aromatic heterocycles. The normalized spacial score (nSPS) is 11.8. The lowest BCUT2D eigenvalue weighted by Gasteiger charge is -2.13. The molecule has 0 atom stereocenters. The second-order valence-corrected chi connectivity index (χ2v) is 7.17. The topological polar surface area (TPSA) is 66.6 Å². The van der Waals surface area contributed by atoms with Crippen LogP contribution in [0, 0.1) is 6.92 Å². The van der Waals surface area contributed by atoms with Gasteiger partial charge in [0.1, 0.15) is 0 Å². The van der Waals surface area contributed by atoms with E-state index in [-0.39, 0.29) is 18.9 Å². The van der Waals surface area contributed by atoms with E-state index in [1.165, 1.54) is 0 Å². The summed E-state index contributed by atoms with van der Waals surface area (Å²) in [5.74, 6) is 0.0681. The SMILES string of the molecule is CCC(=O)c1ccc(-c2cnc3c(NCCC(F)(F)F)cc(CCO)cn23)cc1C. The summed E-state index contributed by atoms with van der Waals surface area (Å²) in [5.41, 5.74) is 4.87. The predicted molar refractivity (Wildman–Crippen MR) is 110 cm³/mol. The van der Waals surface area contributed by atoms with Gasteiger partial charge in [-0.2, -0.15) is 13.2 Å². The summed E-state index contributed by atoms with van der Waals surface area (Å²) in [6.07, 6.45) is -0.936. The highest BCUT2D eigenvalue weighted by molar-refractivity contribution is 5.97. The van der Waals surface area contributed by atoms with E-state index in [0.717, 1.165) is 22.4 Å². The zero-order valence-corrected chi connectivity index (χ0v) is 16.9. The number of aryl methyl sites for hydroxylation is 1. The molecule has 0 aliphatic heterocycles. The Morgan fingerprint density at radius 3 is 2.67 bits per heavy atom. The molecule has 0 fully saturated rings. The number of anilines is 1. The Kier molecular flexibility index (Phi) is 6.45. The van der Waals surface area contributed by atoms with Crippen LogP contribution in [0.4, 0.5) is 18.9 Å². The predicted octanol–water partition coefficient (Wildman–Crippen LogP) is 4.80. The van der Waals surface area contributed by atoms with E-state index in [1.807, 2.05) is 32.2 Å². The molecule has 0 spiro atoms. The van der Waals surface area contributed by atoms with Crippen LogP contribution in [0.5, 0.6) is 0 Å². The summed E-state index contributed by atoms with van der Waals surface area (Å²) in [7, 11) is 0. The number of rotatable bonds is 8. The molecule has 8 heteroatoms. The number of carbonyl (C=O) groups is 1. The quantitative estimate of drug-likeness (QED) is 0.515. The van der Waals surface area contributed by atoms with E-state index < -0.39 is 12.6 Å². The highest BCUT2D eigenvalue weighted by Gasteiger charge is 2.26. The van der Waals surface area contributed by atoms with Crippen molar-refractivity contribution in [1.82, 2.24) is 9.38 Å². The molecule has 0 unspecified atom stereocenters. The maximum Gasteiger partial charge on any atom is 0.390 e. The molecule has 0 aliphatic rings. The molecule has 5 nitrogen and oxygen atoms in total. The van der Waals surface area contributed by atoms with Gasteiger partial charge in [0.2, 0.25) is 0 Å². The molecule has 0 saturated heterocycles. The van der Waals surface area contributed by atoms with Gasteiger partial charge in [0.25, 0.3) is 0 Å². The molecule has 0 amide bonds. The van der Waals surface area contributed by atoms with Crippen LogP contribution in [-0.2, 0) is 6.42 Å². The second kappa shape index (κ2) is 8.87. The lowest BCUT2D eigenvalue weighted by molar-refractivity contribution is -0.131. The molecule has 0 saturated carbocycles. The molecular formula is C22H24F3N3O2. The van der Waals surface area contributed by atoms with Gasteiger partial charge in [0, 0.05) is 36.9 Å². The first-order valence-electron chi connectivity index (χ1n) is 9.79. The van der Waals surface area contributed by atoms with E-state index in [4.69, 9.17) is 0 Å². The maximum absolute atomic E-state index is 12.5. The molecular weight excluding hydrogens is 395 g/mol. The van der Waals surface area contributed by atoms with Gasteiger partial charge in [-0.25, -0.2) is 4.98 Å². The third-order valence-corrected chi connectivity index (χ3v) is 4.93. The van der Waals surface area contributed by atoms with Gasteiger partial charge in [-0.3, -0.25) is 9.20 Å². The van der Waals surface area contributed by atoms with Crippen LogP contribution in [0.25, 0.3) is 16.9 Å². The molecule has 0 radical (unpaired) electrons. The van der Waals surface area contributed by atoms with Crippen molar-refractivity contribution in [2.45, 2.75) is 39.3 Å². The average molecular weight is 419 g/mol. The smallest absolute Gasteiger partial charge is 0.390 e. The van der Waals surface area contributed by atoms with Crippen molar-refractivity contribution < 1.29 is 23.1 Å². The van der Waals surface area contributed by atoms with Crippen LogP contribution >= 0.6 is 0 Å². The van der Waals surface area contributed by atoms with Crippen LogP contribution in [-0.4, -0.2) is 39.6 Å². The minimum atomic E-state index is -4.25. The number of pyridine rings is 1. The lowest BCUT2D eigenvalue weighted by atomic mass is 9.99. The molecule has 0 bridgehead atoms. The third kappa shape index (κ3) is 4.81. The van der Waals surface area contributed by atoms with E-state index in [0.29, 0.717) is 29.7 Å². The first-order chi connectivity index (χ1) is 14.2. The Morgan fingerprint density at radius 1 is 1.27 bits per heavy atom. The van der Waals surface area contributed by atoms with Crippen molar-refractivity contribution in [2.24, 2.45) is 0 Å². The van der Waals surface area contributed by atoms with Gasteiger partial charge in [-0.05, 0) is 36.6 Å². The standard InChI is InChI=1S/C22H24F3N3O2/c1-3-20(30)17-5-4-16(10-14(17)2)19-12-27-21-18(26-8-7-22(23,24)25)11-15(6-9-29)13-28(19)21/h4-5,10-13,26,29H,3,6-9H2,1-2H3. The highest BCUT2D eigenvalue weighted by atomic mass is 19.4. The van der Waals surface area contributed by atoms with Crippen molar-refractivity contribution in [3.63, 3.8) is 0 Å². The molecule has 0 aliphatic carbocycles. The van der Waals surface area contributed by atoms with Crippen molar-refractivity contribution in [1.29, 1.82) is 0 Å². The molecule has 1 aromatic carbocycles. The summed E-state index contributed by atoms with van der Waals surface area (Å²) in [5, 5.41) is 12.1. The zero-order chi connectivity index (χ0) is 21.9.